The Morgan fingerprint density at radius 2 is 1.94 bits per heavy atom. The summed E-state index contributed by atoms with van der Waals surface area (Å²) in [5, 5.41) is 0. The highest BCUT2D eigenvalue weighted by Gasteiger charge is 2.38. The smallest absolute Gasteiger partial charge is 0.437 e. The lowest BCUT2D eigenvalue weighted by atomic mass is 10.2. The van der Waals surface area contributed by atoms with Crippen molar-refractivity contribution in [2.75, 3.05) is 7.11 Å². The highest BCUT2D eigenvalue weighted by atomic mass is 19.4. The first-order valence-corrected chi connectivity index (χ1v) is 3.97. The van der Waals surface area contributed by atoms with Gasteiger partial charge in [-0.2, -0.15) is 13.2 Å². The van der Waals surface area contributed by atoms with E-state index in [1.54, 1.807) is 0 Å². The summed E-state index contributed by atoms with van der Waals surface area (Å²) in [6, 6.07) is 2.43. The van der Waals surface area contributed by atoms with E-state index in [-0.39, 0.29) is 0 Å². The van der Waals surface area contributed by atoms with Gasteiger partial charge >= 0.3 is 12.3 Å². The number of alkyl halides is 3. The molecule has 1 rings (SSSR count). The summed E-state index contributed by atoms with van der Waals surface area (Å²) in [4.78, 5) is 10.6. The Kier molecular flexibility index (Phi) is 3.36. The minimum Gasteiger partial charge on any atom is -0.437 e. The summed E-state index contributed by atoms with van der Waals surface area (Å²) >= 11 is 0. The van der Waals surface area contributed by atoms with Gasteiger partial charge in [0.2, 0.25) is 0 Å². The third kappa shape index (κ3) is 2.62. The van der Waals surface area contributed by atoms with Crippen molar-refractivity contribution in [1.29, 1.82) is 0 Å². The van der Waals surface area contributed by atoms with E-state index in [1.165, 1.54) is 0 Å². The largest absolute Gasteiger partial charge is 0.513 e. The molecule has 0 aliphatic heterocycles. The van der Waals surface area contributed by atoms with Crippen LogP contribution < -0.4 is 4.74 Å². The Bertz CT molecular complexity index is 400. The quantitative estimate of drug-likeness (QED) is 0.428. The molecule has 0 saturated carbocycles. The number of carbonyl (C=O) groups excluding carboxylic acids is 1. The van der Waals surface area contributed by atoms with Crippen molar-refractivity contribution in [2.24, 2.45) is 0 Å². The van der Waals surface area contributed by atoms with E-state index in [0.717, 1.165) is 19.2 Å². The van der Waals surface area contributed by atoms with Crippen LogP contribution in [0.25, 0.3) is 0 Å². The molecule has 0 bridgehead atoms. The summed E-state index contributed by atoms with van der Waals surface area (Å²) in [6.07, 6.45) is -6.30. The maximum absolute atomic E-state index is 12.9. The fourth-order valence-electron chi connectivity index (χ4n) is 0.996. The minimum atomic E-state index is -4.95. The molecule has 0 radical (unpaired) electrons. The van der Waals surface area contributed by atoms with Gasteiger partial charge < -0.3 is 9.47 Å². The second-order valence-corrected chi connectivity index (χ2v) is 2.67. The fraction of sp³-hybridized carbons (Fsp3) is 0.222. The summed E-state index contributed by atoms with van der Waals surface area (Å²) in [5.41, 5.74) is -1.64. The second kappa shape index (κ2) is 4.38. The van der Waals surface area contributed by atoms with Gasteiger partial charge in [0.1, 0.15) is 17.1 Å². The van der Waals surface area contributed by atoms with Crippen molar-refractivity contribution in [3.05, 3.63) is 29.6 Å². The molecule has 0 amide bonds. The number of hydrogen-bond acceptors (Lipinski definition) is 3. The van der Waals surface area contributed by atoms with Crippen molar-refractivity contribution in [2.45, 2.75) is 6.18 Å². The van der Waals surface area contributed by atoms with Crippen LogP contribution in [0.5, 0.6) is 5.75 Å². The van der Waals surface area contributed by atoms with Gasteiger partial charge in [-0.1, -0.05) is 6.07 Å². The molecule has 88 valence electrons. The fourth-order valence-corrected chi connectivity index (χ4v) is 0.996. The molecule has 1 aromatic rings. The zero-order chi connectivity index (χ0) is 12.3. The molecule has 0 N–H and O–H groups in total. The van der Waals surface area contributed by atoms with Crippen molar-refractivity contribution in [3.8, 4) is 5.75 Å². The lowest BCUT2D eigenvalue weighted by Crippen LogP contribution is -2.15. The van der Waals surface area contributed by atoms with Crippen molar-refractivity contribution in [1.82, 2.24) is 0 Å². The number of rotatable bonds is 1. The second-order valence-electron chi connectivity index (χ2n) is 2.67. The number of carbonyl (C=O) groups is 1. The Balaban J connectivity index is 3.18. The lowest BCUT2D eigenvalue weighted by molar-refractivity contribution is -0.141. The molecule has 16 heavy (non-hydrogen) atoms. The molecule has 0 aromatic heterocycles. The highest BCUT2D eigenvalue weighted by molar-refractivity contribution is 5.64. The van der Waals surface area contributed by atoms with Gasteiger partial charge in [-0.15, -0.1) is 0 Å². The Hall–Kier alpha value is -1.79. The molecule has 7 heteroatoms. The lowest BCUT2D eigenvalue weighted by Gasteiger charge is -2.12. The van der Waals surface area contributed by atoms with Crippen LogP contribution in [0, 0.1) is 5.82 Å². The molecule has 0 atom stereocenters. The summed E-state index contributed by atoms with van der Waals surface area (Å²) in [7, 11) is 0.925. The predicted molar refractivity (Wildman–Crippen MR) is 44.4 cm³/mol. The molecule has 0 fully saturated rings. The van der Waals surface area contributed by atoms with Crippen LogP contribution >= 0.6 is 0 Å². The predicted octanol–water partition coefficient (Wildman–Crippen LogP) is 2.99. The van der Waals surface area contributed by atoms with Gasteiger partial charge in [0.05, 0.1) is 7.11 Å². The molecular weight excluding hydrogens is 232 g/mol. The maximum Gasteiger partial charge on any atom is 0.513 e. The molecule has 1 aromatic carbocycles. The third-order valence-corrected chi connectivity index (χ3v) is 1.62. The van der Waals surface area contributed by atoms with Crippen molar-refractivity contribution < 1.29 is 31.8 Å². The monoisotopic (exact) mass is 238 g/mol. The summed E-state index contributed by atoms with van der Waals surface area (Å²) < 4.78 is 58.3. The van der Waals surface area contributed by atoms with Gasteiger partial charge in [-0.25, -0.2) is 9.18 Å². The Morgan fingerprint density at radius 3 is 2.44 bits per heavy atom. The van der Waals surface area contributed by atoms with Crippen molar-refractivity contribution in [3.63, 3.8) is 0 Å². The summed E-state index contributed by atoms with van der Waals surface area (Å²) in [5.74, 6) is -2.45. The van der Waals surface area contributed by atoms with Gasteiger partial charge in [0.25, 0.3) is 0 Å². The zero-order valence-electron chi connectivity index (χ0n) is 7.97. The van der Waals surface area contributed by atoms with Gasteiger partial charge in [0, 0.05) is 0 Å². The first-order valence-electron chi connectivity index (χ1n) is 3.97. The van der Waals surface area contributed by atoms with Crippen LogP contribution in [-0.2, 0) is 10.9 Å². The van der Waals surface area contributed by atoms with Gasteiger partial charge in [0.15, 0.2) is 0 Å². The van der Waals surface area contributed by atoms with E-state index in [2.05, 4.69) is 9.47 Å². The normalized spacial score (nSPS) is 11.1. The number of hydrogen-bond donors (Lipinski definition) is 0. The van der Waals surface area contributed by atoms with Crippen LogP contribution in [0.15, 0.2) is 18.2 Å². The number of ether oxygens (including phenoxy) is 2. The van der Waals surface area contributed by atoms with Crippen LogP contribution in [0.2, 0.25) is 0 Å². The molecule has 0 unspecified atom stereocenters. The van der Waals surface area contributed by atoms with Crippen LogP contribution in [-0.4, -0.2) is 13.3 Å². The first-order chi connectivity index (χ1) is 7.36. The third-order valence-electron chi connectivity index (χ3n) is 1.62. The standard InChI is InChI=1S/C9H6F4O3/c1-15-8(14)16-6-4-2-3-5(10)7(6)9(11,12)13/h2-4H,1H3. The molecule has 0 spiro atoms. The van der Waals surface area contributed by atoms with Gasteiger partial charge in [-0.3, -0.25) is 0 Å². The Labute approximate surface area is 87.6 Å². The molecule has 0 aliphatic rings. The highest BCUT2D eigenvalue weighted by Crippen LogP contribution is 2.38. The van der Waals surface area contributed by atoms with Crippen LogP contribution in [0.1, 0.15) is 5.56 Å². The number of halogens is 4. The average Bonchev–Trinajstić information content (AvgIpc) is 2.15. The minimum absolute atomic E-state index is 0.618. The summed E-state index contributed by atoms with van der Waals surface area (Å²) in [6.45, 7) is 0. The molecule has 0 heterocycles. The van der Waals surface area contributed by atoms with E-state index in [9.17, 15) is 22.4 Å². The van der Waals surface area contributed by atoms with Crippen LogP contribution in [0.3, 0.4) is 0 Å². The number of benzene rings is 1. The van der Waals surface area contributed by atoms with Crippen LogP contribution in [0.4, 0.5) is 22.4 Å². The maximum atomic E-state index is 12.9. The van der Waals surface area contributed by atoms with E-state index in [1.807, 2.05) is 0 Å². The van der Waals surface area contributed by atoms with E-state index >= 15 is 0 Å². The van der Waals surface area contributed by atoms with E-state index in [0.29, 0.717) is 6.07 Å². The van der Waals surface area contributed by atoms with E-state index in [4.69, 9.17) is 0 Å². The average molecular weight is 238 g/mol. The molecule has 3 nitrogen and oxygen atoms in total. The van der Waals surface area contributed by atoms with E-state index < -0.39 is 29.5 Å². The molecule has 0 aliphatic carbocycles. The Morgan fingerprint density at radius 1 is 1.31 bits per heavy atom. The topological polar surface area (TPSA) is 35.5 Å². The number of methoxy groups -OCH3 is 1. The first kappa shape index (κ1) is 12.3. The molecule has 0 saturated heterocycles. The van der Waals surface area contributed by atoms with Gasteiger partial charge in [-0.05, 0) is 12.1 Å². The van der Waals surface area contributed by atoms with Crippen molar-refractivity contribution >= 4 is 6.16 Å². The zero-order valence-corrected chi connectivity index (χ0v) is 7.97. The molecular formula is C9H6F4O3. The SMILES string of the molecule is COC(=O)Oc1cccc(F)c1C(F)(F)F.